The SMILES string of the molecule is CCOC(=O)NC(=O)C(C#N)=Cc1ccc(OC)cc1. The smallest absolute Gasteiger partial charge is 0.414 e. The zero-order valence-corrected chi connectivity index (χ0v) is 11.2. The molecule has 6 heteroatoms. The van der Waals surface area contributed by atoms with Gasteiger partial charge in [-0.1, -0.05) is 12.1 Å². The zero-order valence-electron chi connectivity index (χ0n) is 11.2. The maximum Gasteiger partial charge on any atom is 0.414 e. The van der Waals surface area contributed by atoms with Crippen LogP contribution in [0.4, 0.5) is 4.79 Å². The van der Waals surface area contributed by atoms with E-state index in [2.05, 4.69) is 4.74 Å². The van der Waals surface area contributed by atoms with E-state index >= 15 is 0 Å². The monoisotopic (exact) mass is 274 g/mol. The summed E-state index contributed by atoms with van der Waals surface area (Å²) in [4.78, 5) is 22.8. The first-order valence-corrected chi connectivity index (χ1v) is 5.84. The van der Waals surface area contributed by atoms with Crippen molar-refractivity contribution in [3.05, 3.63) is 35.4 Å². The Kier molecular flexibility index (Phi) is 5.78. The summed E-state index contributed by atoms with van der Waals surface area (Å²) in [6.45, 7) is 1.76. The van der Waals surface area contributed by atoms with Crippen LogP contribution >= 0.6 is 0 Å². The number of nitrogens with one attached hydrogen (secondary N) is 1. The second kappa shape index (κ2) is 7.59. The molecule has 0 radical (unpaired) electrons. The van der Waals surface area contributed by atoms with Crippen molar-refractivity contribution >= 4 is 18.1 Å². The lowest BCUT2D eigenvalue weighted by molar-refractivity contribution is -0.116. The summed E-state index contributed by atoms with van der Waals surface area (Å²) in [6, 6.07) is 8.51. The molecule has 0 aliphatic rings. The van der Waals surface area contributed by atoms with Crippen LogP contribution in [0.3, 0.4) is 0 Å². The van der Waals surface area contributed by atoms with Gasteiger partial charge in [0.25, 0.3) is 5.91 Å². The fourth-order valence-corrected chi connectivity index (χ4v) is 1.34. The number of imide groups is 1. The Morgan fingerprint density at radius 3 is 2.50 bits per heavy atom. The number of ether oxygens (including phenoxy) is 2. The summed E-state index contributed by atoms with van der Waals surface area (Å²) < 4.78 is 9.56. The van der Waals surface area contributed by atoms with E-state index in [4.69, 9.17) is 10.00 Å². The molecule has 0 aliphatic heterocycles. The van der Waals surface area contributed by atoms with Crippen LogP contribution in [-0.2, 0) is 9.53 Å². The van der Waals surface area contributed by atoms with Crippen molar-refractivity contribution < 1.29 is 19.1 Å². The summed E-state index contributed by atoms with van der Waals surface area (Å²) >= 11 is 0. The number of hydrogen-bond acceptors (Lipinski definition) is 5. The fourth-order valence-electron chi connectivity index (χ4n) is 1.34. The molecule has 1 N–H and O–H groups in total. The van der Waals surface area contributed by atoms with Gasteiger partial charge in [-0.3, -0.25) is 10.1 Å². The third kappa shape index (κ3) is 4.46. The maximum atomic E-state index is 11.7. The number of alkyl carbamates (subject to hydrolysis) is 1. The van der Waals surface area contributed by atoms with Gasteiger partial charge in [-0.05, 0) is 30.7 Å². The van der Waals surface area contributed by atoms with Crippen molar-refractivity contribution in [3.63, 3.8) is 0 Å². The normalized spacial score (nSPS) is 10.3. The van der Waals surface area contributed by atoms with Gasteiger partial charge < -0.3 is 9.47 Å². The highest BCUT2D eigenvalue weighted by molar-refractivity contribution is 6.07. The van der Waals surface area contributed by atoms with Crippen LogP contribution in [0.1, 0.15) is 12.5 Å². The van der Waals surface area contributed by atoms with E-state index in [-0.39, 0.29) is 12.2 Å². The van der Waals surface area contributed by atoms with Crippen LogP contribution in [0.2, 0.25) is 0 Å². The molecule has 0 saturated heterocycles. The number of hydrogen-bond donors (Lipinski definition) is 1. The molecule has 2 amide bonds. The minimum atomic E-state index is -0.881. The predicted octanol–water partition coefficient (Wildman–Crippen LogP) is 1.87. The molecule has 1 aromatic rings. The molecule has 20 heavy (non-hydrogen) atoms. The van der Waals surface area contributed by atoms with E-state index in [0.717, 1.165) is 0 Å². The molecule has 0 saturated carbocycles. The van der Waals surface area contributed by atoms with Crippen molar-refractivity contribution in [3.8, 4) is 11.8 Å². The topological polar surface area (TPSA) is 88.4 Å². The summed E-state index contributed by atoms with van der Waals surface area (Å²) in [7, 11) is 1.54. The van der Waals surface area contributed by atoms with Crippen molar-refractivity contribution in [2.75, 3.05) is 13.7 Å². The average Bonchev–Trinajstić information content (AvgIpc) is 2.45. The molecule has 0 aliphatic carbocycles. The van der Waals surface area contributed by atoms with Gasteiger partial charge in [-0.25, -0.2) is 4.79 Å². The third-order valence-corrected chi connectivity index (χ3v) is 2.28. The molecule has 0 unspecified atom stereocenters. The Balaban J connectivity index is 2.83. The number of carbonyl (C=O) groups excluding carboxylic acids is 2. The number of amides is 2. The number of methoxy groups -OCH3 is 1. The van der Waals surface area contributed by atoms with Gasteiger partial charge in [0.05, 0.1) is 13.7 Å². The van der Waals surface area contributed by atoms with Gasteiger partial charge in [-0.2, -0.15) is 5.26 Å². The van der Waals surface area contributed by atoms with Crippen molar-refractivity contribution in [1.29, 1.82) is 5.26 Å². The van der Waals surface area contributed by atoms with Gasteiger partial charge in [0.15, 0.2) is 0 Å². The van der Waals surface area contributed by atoms with Crippen LogP contribution in [0, 0.1) is 11.3 Å². The van der Waals surface area contributed by atoms with E-state index in [9.17, 15) is 9.59 Å². The molecule has 104 valence electrons. The fraction of sp³-hybridized carbons (Fsp3) is 0.214. The Hall–Kier alpha value is -2.81. The molecule has 0 spiro atoms. The largest absolute Gasteiger partial charge is 0.497 e. The Labute approximate surface area is 116 Å². The first kappa shape index (κ1) is 15.2. The number of rotatable bonds is 4. The molecular formula is C14H14N2O4. The average molecular weight is 274 g/mol. The molecule has 0 fully saturated rings. The maximum absolute atomic E-state index is 11.7. The lowest BCUT2D eigenvalue weighted by atomic mass is 10.1. The van der Waals surface area contributed by atoms with E-state index in [1.165, 1.54) is 6.08 Å². The van der Waals surface area contributed by atoms with E-state index in [0.29, 0.717) is 11.3 Å². The van der Waals surface area contributed by atoms with Crippen molar-refractivity contribution in [1.82, 2.24) is 5.32 Å². The summed E-state index contributed by atoms with van der Waals surface area (Å²) in [5.41, 5.74) is 0.449. The molecule has 0 atom stereocenters. The van der Waals surface area contributed by atoms with Crippen molar-refractivity contribution in [2.24, 2.45) is 0 Å². The third-order valence-electron chi connectivity index (χ3n) is 2.28. The van der Waals surface area contributed by atoms with Crippen molar-refractivity contribution in [2.45, 2.75) is 6.92 Å². The lowest BCUT2D eigenvalue weighted by Crippen LogP contribution is -2.31. The Morgan fingerprint density at radius 1 is 1.35 bits per heavy atom. The van der Waals surface area contributed by atoms with Crippen LogP contribution < -0.4 is 10.1 Å². The standard InChI is InChI=1S/C14H14N2O4/c1-3-20-14(18)16-13(17)11(9-15)8-10-4-6-12(19-2)7-5-10/h4-8H,3H2,1-2H3,(H,16,17,18). The molecule has 1 aromatic carbocycles. The number of carbonyl (C=O) groups is 2. The second-order valence-corrected chi connectivity index (χ2v) is 3.62. The molecule has 6 nitrogen and oxygen atoms in total. The number of nitriles is 1. The summed E-state index contributed by atoms with van der Waals surface area (Å²) in [6.07, 6.45) is 0.488. The minimum absolute atomic E-state index is 0.142. The molecule has 0 aromatic heterocycles. The lowest BCUT2D eigenvalue weighted by Gasteiger charge is -2.03. The highest BCUT2D eigenvalue weighted by Crippen LogP contribution is 2.13. The first-order chi connectivity index (χ1) is 9.60. The van der Waals surface area contributed by atoms with E-state index in [1.54, 1.807) is 44.4 Å². The quantitative estimate of drug-likeness (QED) is 0.669. The van der Waals surface area contributed by atoms with Crippen LogP contribution in [0.15, 0.2) is 29.8 Å². The highest BCUT2D eigenvalue weighted by atomic mass is 16.5. The van der Waals surface area contributed by atoms with Gasteiger partial charge in [0.2, 0.25) is 0 Å². The van der Waals surface area contributed by atoms with Gasteiger partial charge >= 0.3 is 6.09 Å². The van der Waals surface area contributed by atoms with Gasteiger partial charge in [0.1, 0.15) is 17.4 Å². The predicted molar refractivity (Wildman–Crippen MR) is 71.7 cm³/mol. The molecule has 0 heterocycles. The number of benzene rings is 1. The highest BCUT2D eigenvalue weighted by Gasteiger charge is 2.13. The Morgan fingerprint density at radius 2 is 2.00 bits per heavy atom. The van der Waals surface area contributed by atoms with Crippen LogP contribution in [-0.4, -0.2) is 25.7 Å². The summed E-state index contributed by atoms with van der Waals surface area (Å²) in [5, 5.41) is 10.9. The minimum Gasteiger partial charge on any atom is -0.497 e. The number of nitrogens with zero attached hydrogens (tertiary/aromatic N) is 1. The van der Waals surface area contributed by atoms with Gasteiger partial charge in [0, 0.05) is 0 Å². The van der Waals surface area contributed by atoms with E-state index in [1.807, 2.05) is 5.32 Å². The van der Waals surface area contributed by atoms with Crippen LogP contribution in [0.25, 0.3) is 6.08 Å². The summed E-state index contributed by atoms with van der Waals surface area (Å²) in [5.74, 6) is -0.140. The van der Waals surface area contributed by atoms with Crippen LogP contribution in [0.5, 0.6) is 5.75 Å². The van der Waals surface area contributed by atoms with Gasteiger partial charge in [-0.15, -0.1) is 0 Å². The first-order valence-electron chi connectivity index (χ1n) is 5.84. The second-order valence-electron chi connectivity index (χ2n) is 3.62. The Bertz CT molecular complexity index is 556. The zero-order chi connectivity index (χ0) is 15.0. The molecular weight excluding hydrogens is 260 g/mol. The van der Waals surface area contributed by atoms with E-state index < -0.39 is 12.0 Å². The molecule has 0 bridgehead atoms. The molecule has 1 rings (SSSR count).